The van der Waals surface area contributed by atoms with Crippen LogP contribution in [0.25, 0.3) is 0 Å². The van der Waals surface area contributed by atoms with Crippen LogP contribution in [0, 0.1) is 0 Å². The van der Waals surface area contributed by atoms with E-state index in [2.05, 4.69) is 24.3 Å². The summed E-state index contributed by atoms with van der Waals surface area (Å²) in [5, 5.41) is 0.678. The van der Waals surface area contributed by atoms with Crippen LogP contribution in [0.15, 0.2) is 54.6 Å². The molecule has 20 heavy (non-hydrogen) atoms. The van der Waals surface area contributed by atoms with E-state index in [4.69, 9.17) is 11.6 Å². The normalized spacial score (nSPS) is 16.4. The Balaban J connectivity index is 1.85. The van der Waals surface area contributed by atoms with E-state index in [1.165, 1.54) is 4.46 Å². The van der Waals surface area contributed by atoms with Crippen LogP contribution in [-0.2, 0) is 0 Å². The average Bonchev–Trinajstić information content (AvgIpc) is 2.44. The SMILES string of the molecule is O=C(c1ccc(Cl)cc1)C1([Se]c2ccccc2)CCC1. The van der Waals surface area contributed by atoms with Gasteiger partial charge >= 0.3 is 130 Å². The molecule has 0 radical (unpaired) electrons. The van der Waals surface area contributed by atoms with Crippen molar-refractivity contribution in [2.24, 2.45) is 0 Å². The summed E-state index contributed by atoms with van der Waals surface area (Å²) >= 11 is 6.10. The van der Waals surface area contributed by atoms with E-state index in [0.29, 0.717) is 10.8 Å². The van der Waals surface area contributed by atoms with Crippen molar-refractivity contribution in [3.8, 4) is 0 Å². The molecule has 0 N–H and O–H groups in total. The Morgan fingerprint density at radius 3 is 2.20 bits per heavy atom. The number of Topliss-reactive ketones (excluding diaryl/α,β-unsaturated/α-hetero) is 1. The molecule has 0 atom stereocenters. The van der Waals surface area contributed by atoms with E-state index in [-0.39, 0.29) is 19.3 Å². The number of hydrogen-bond acceptors (Lipinski definition) is 1. The summed E-state index contributed by atoms with van der Waals surface area (Å²) in [5.74, 6) is 0.296. The molecular weight excluding hydrogens is 335 g/mol. The first kappa shape index (κ1) is 13.9. The van der Waals surface area contributed by atoms with Crippen LogP contribution in [0.3, 0.4) is 0 Å². The first-order valence-electron chi connectivity index (χ1n) is 6.74. The van der Waals surface area contributed by atoms with Gasteiger partial charge in [-0.05, 0) is 0 Å². The van der Waals surface area contributed by atoms with Crippen molar-refractivity contribution < 1.29 is 4.79 Å². The van der Waals surface area contributed by atoms with E-state index >= 15 is 0 Å². The van der Waals surface area contributed by atoms with Gasteiger partial charge in [0.25, 0.3) is 0 Å². The maximum atomic E-state index is 12.8. The van der Waals surface area contributed by atoms with E-state index < -0.39 is 0 Å². The third-order valence-corrected chi connectivity index (χ3v) is 7.12. The molecule has 0 bridgehead atoms. The third-order valence-electron chi connectivity index (χ3n) is 3.74. The number of ketones is 1. The Bertz CT molecular complexity index is 603. The third kappa shape index (κ3) is 2.69. The monoisotopic (exact) mass is 350 g/mol. The minimum absolute atomic E-state index is 0.137. The molecule has 2 aromatic carbocycles. The molecule has 102 valence electrons. The Kier molecular flexibility index (Phi) is 3.98. The average molecular weight is 350 g/mol. The molecule has 2 aromatic rings. The molecular formula is C17H15ClOSe. The zero-order chi connectivity index (χ0) is 14.0. The molecule has 0 spiro atoms. The summed E-state index contributed by atoms with van der Waals surface area (Å²) in [6.45, 7) is 0. The number of hydrogen-bond donors (Lipinski definition) is 0. The fourth-order valence-electron chi connectivity index (χ4n) is 2.45. The predicted octanol–water partition coefficient (Wildman–Crippen LogP) is 3.90. The number of benzene rings is 2. The molecule has 1 aliphatic rings. The first-order chi connectivity index (χ1) is 9.70. The van der Waals surface area contributed by atoms with Crippen molar-refractivity contribution in [1.29, 1.82) is 0 Å². The molecule has 0 amide bonds. The van der Waals surface area contributed by atoms with Crippen molar-refractivity contribution >= 4 is 36.8 Å². The fraction of sp³-hybridized carbons (Fsp3) is 0.235. The van der Waals surface area contributed by atoms with Gasteiger partial charge < -0.3 is 0 Å². The van der Waals surface area contributed by atoms with Gasteiger partial charge in [-0.25, -0.2) is 0 Å². The second-order valence-corrected chi connectivity index (χ2v) is 8.59. The first-order valence-corrected chi connectivity index (χ1v) is 8.83. The number of rotatable bonds is 4. The number of carbonyl (C=O) groups is 1. The molecule has 0 heterocycles. The second kappa shape index (κ2) is 5.73. The molecule has 1 aliphatic carbocycles. The minimum atomic E-state index is -0.137. The van der Waals surface area contributed by atoms with Gasteiger partial charge in [-0.3, -0.25) is 0 Å². The Morgan fingerprint density at radius 2 is 1.65 bits per heavy atom. The van der Waals surface area contributed by atoms with Gasteiger partial charge in [-0.1, -0.05) is 0 Å². The molecule has 0 unspecified atom stereocenters. The summed E-state index contributed by atoms with van der Waals surface area (Å²) in [6.07, 6.45) is 3.20. The van der Waals surface area contributed by atoms with Gasteiger partial charge in [0.1, 0.15) is 0 Å². The zero-order valence-electron chi connectivity index (χ0n) is 11.0. The Hall–Kier alpha value is -1.08. The van der Waals surface area contributed by atoms with Gasteiger partial charge in [0.15, 0.2) is 0 Å². The summed E-state index contributed by atoms with van der Waals surface area (Å²) < 4.78 is 1.17. The predicted molar refractivity (Wildman–Crippen MR) is 84.2 cm³/mol. The van der Waals surface area contributed by atoms with E-state index in [0.717, 1.165) is 24.8 Å². The van der Waals surface area contributed by atoms with Crippen molar-refractivity contribution in [1.82, 2.24) is 0 Å². The standard InChI is InChI=1S/C17H15ClOSe/c18-14-9-7-13(8-10-14)16(19)17(11-4-12-17)20-15-5-2-1-3-6-15/h1-3,5-10H,4,11-12H2. The van der Waals surface area contributed by atoms with Gasteiger partial charge in [0.05, 0.1) is 0 Å². The van der Waals surface area contributed by atoms with Crippen molar-refractivity contribution in [3.05, 3.63) is 65.2 Å². The maximum absolute atomic E-state index is 12.8. The molecule has 0 aliphatic heterocycles. The van der Waals surface area contributed by atoms with E-state index in [1.807, 2.05) is 18.2 Å². The summed E-state index contributed by atoms with van der Waals surface area (Å²) in [4.78, 5) is 12.8. The van der Waals surface area contributed by atoms with Crippen LogP contribution in [0.2, 0.25) is 9.34 Å². The van der Waals surface area contributed by atoms with E-state index in [9.17, 15) is 4.79 Å². The molecule has 1 fully saturated rings. The molecule has 0 saturated heterocycles. The zero-order valence-corrected chi connectivity index (χ0v) is 13.5. The molecule has 3 heteroatoms. The van der Waals surface area contributed by atoms with Gasteiger partial charge in [0, 0.05) is 0 Å². The fourth-order valence-corrected chi connectivity index (χ4v) is 5.62. The Morgan fingerprint density at radius 1 is 1.00 bits per heavy atom. The van der Waals surface area contributed by atoms with Crippen LogP contribution in [0.1, 0.15) is 29.6 Å². The van der Waals surface area contributed by atoms with Crippen LogP contribution in [0.5, 0.6) is 0 Å². The summed E-state index contributed by atoms with van der Waals surface area (Å²) in [7, 11) is 0. The van der Waals surface area contributed by atoms with Gasteiger partial charge in [-0.15, -0.1) is 0 Å². The molecule has 0 aromatic heterocycles. The van der Waals surface area contributed by atoms with Crippen LogP contribution in [0.4, 0.5) is 0 Å². The summed E-state index contributed by atoms with van der Waals surface area (Å²) in [5.41, 5.74) is 0.798. The van der Waals surface area contributed by atoms with Crippen molar-refractivity contribution in [2.75, 3.05) is 0 Å². The summed E-state index contributed by atoms with van der Waals surface area (Å²) in [6, 6.07) is 17.7. The van der Waals surface area contributed by atoms with Crippen molar-refractivity contribution in [2.45, 2.75) is 23.6 Å². The molecule has 3 rings (SSSR count). The second-order valence-electron chi connectivity index (χ2n) is 5.10. The van der Waals surface area contributed by atoms with E-state index in [1.54, 1.807) is 12.1 Å². The topological polar surface area (TPSA) is 17.1 Å². The number of carbonyl (C=O) groups excluding carboxylic acids is 1. The molecule has 1 nitrogen and oxygen atoms in total. The number of halogens is 1. The van der Waals surface area contributed by atoms with Gasteiger partial charge in [0.2, 0.25) is 0 Å². The quantitative estimate of drug-likeness (QED) is 0.604. The van der Waals surface area contributed by atoms with Crippen LogP contribution < -0.4 is 4.46 Å². The Labute approximate surface area is 130 Å². The van der Waals surface area contributed by atoms with Gasteiger partial charge in [-0.2, -0.15) is 0 Å². The molecule has 1 saturated carbocycles. The van der Waals surface area contributed by atoms with Crippen LogP contribution in [-0.4, -0.2) is 20.7 Å². The van der Waals surface area contributed by atoms with Crippen LogP contribution >= 0.6 is 11.6 Å². The van der Waals surface area contributed by atoms with Crippen molar-refractivity contribution in [3.63, 3.8) is 0 Å².